The van der Waals surface area contributed by atoms with Gasteiger partial charge in [0.05, 0.1) is 20.4 Å². The van der Waals surface area contributed by atoms with Crippen LogP contribution in [-0.4, -0.2) is 25.0 Å². The molecule has 0 aliphatic heterocycles. The molecule has 1 aromatic heterocycles. The summed E-state index contributed by atoms with van der Waals surface area (Å²) in [5, 5.41) is 0. The average Bonchev–Trinajstić information content (AvgIpc) is 2.84. The molecule has 5 nitrogen and oxygen atoms in total. The van der Waals surface area contributed by atoms with Crippen LogP contribution >= 0.6 is 0 Å². The molecule has 5 heteroatoms. The van der Waals surface area contributed by atoms with Gasteiger partial charge in [-0.15, -0.1) is 0 Å². The van der Waals surface area contributed by atoms with Gasteiger partial charge in [-0.3, -0.25) is 4.79 Å². The number of methoxy groups -OCH3 is 2. The van der Waals surface area contributed by atoms with Gasteiger partial charge in [0.15, 0.2) is 23.7 Å². The van der Waals surface area contributed by atoms with Crippen molar-refractivity contribution in [3.8, 4) is 33.9 Å². The van der Waals surface area contributed by atoms with Crippen LogP contribution in [0.5, 0.6) is 11.5 Å². The third-order valence-electron chi connectivity index (χ3n) is 5.09. The molecule has 0 bridgehead atoms. The number of ether oxygens (including phenoxy) is 2. The fourth-order valence-electron chi connectivity index (χ4n) is 3.38. The Hall–Kier alpha value is -3.99. The molecule has 0 atom stereocenters. The highest BCUT2D eigenvalue weighted by atomic mass is 16.5. The van der Waals surface area contributed by atoms with E-state index in [0.717, 1.165) is 22.4 Å². The Bertz CT molecular complexity index is 1170. The van der Waals surface area contributed by atoms with Gasteiger partial charge < -0.3 is 9.47 Å². The van der Waals surface area contributed by atoms with E-state index in [9.17, 15) is 4.79 Å². The molecule has 4 rings (SSSR count). The van der Waals surface area contributed by atoms with Crippen LogP contribution < -0.4 is 14.0 Å². The molecule has 1 heterocycles. The lowest BCUT2D eigenvalue weighted by atomic mass is 10.0. The van der Waals surface area contributed by atoms with Crippen molar-refractivity contribution in [2.24, 2.45) is 0 Å². The highest BCUT2D eigenvalue weighted by Crippen LogP contribution is 2.31. The van der Waals surface area contributed by atoms with Gasteiger partial charge in [-0.1, -0.05) is 54.6 Å². The van der Waals surface area contributed by atoms with Crippen molar-refractivity contribution in [1.82, 2.24) is 4.98 Å². The summed E-state index contributed by atoms with van der Waals surface area (Å²) in [7, 11) is 3.21. The number of hydrogen-bond donors (Lipinski definition) is 0. The molecule has 0 saturated carbocycles. The predicted octanol–water partition coefficient (Wildman–Crippen LogP) is 4.60. The number of Topliss-reactive ketones (excluding diaryl/α,β-unsaturated/α-hetero) is 1. The number of hydrogen-bond acceptors (Lipinski definition) is 4. The minimum atomic E-state index is 0.0327. The largest absolute Gasteiger partial charge is 0.493 e. The van der Waals surface area contributed by atoms with Crippen LogP contribution in [0.15, 0.2) is 91.4 Å². The van der Waals surface area contributed by atoms with E-state index in [4.69, 9.17) is 9.47 Å². The van der Waals surface area contributed by atoms with Crippen molar-refractivity contribution >= 4 is 5.78 Å². The molecule has 0 radical (unpaired) electrons. The minimum Gasteiger partial charge on any atom is -0.493 e. The van der Waals surface area contributed by atoms with Gasteiger partial charge in [-0.25, -0.2) is 4.57 Å². The summed E-state index contributed by atoms with van der Waals surface area (Å²) in [5.41, 5.74) is 4.59. The van der Waals surface area contributed by atoms with Gasteiger partial charge in [-0.05, 0) is 34.3 Å². The molecular formula is C26H23N2O3+. The van der Waals surface area contributed by atoms with E-state index in [2.05, 4.69) is 17.1 Å². The standard InChI is InChI=1S/C26H23N2O3/c1-30-25-13-12-22(16-26(25)31-2)23-14-15-28(18-27-23)17-24(29)21-10-8-20(9-11-21)19-6-4-3-5-7-19/h3-16,18H,17H2,1-2H3/q+1. The lowest BCUT2D eigenvalue weighted by molar-refractivity contribution is -0.686. The van der Waals surface area contributed by atoms with Crippen molar-refractivity contribution in [2.45, 2.75) is 6.54 Å². The predicted molar refractivity (Wildman–Crippen MR) is 119 cm³/mol. The Labute approximate surface area is 181 Å². The first-order valence-corrected chi connectivity index (χ1v) is 9.94. The summed E-state index contributed by atoms with van der Waals surface area (Å²) in [6, 6.07) is 25.3. The van der Waals surface area contributed by atoms with Gasteiger partial charge in [0, 0.05) is 17.2 Å². The van der Waals surface area contributed by atoms with E-state index in [0.29, 0.717) is 17.1 Å². The summed E-state index contributed by atoms with van der Waals surface area (Å²) in [6.45, 7) is 0.226. The zero-order chi connectivity index (χ0) is 21.6. The second-order valence-electron chi connectivity index (χ2n) is 7.05. The molecule has 0 N–H and O–H groups in total. The molecule has 3 aromatic carbocycles. The van der Waals surface area contributed by atoms with E-state index in [1.807, 2.05) is 72.9 Å². The lowest BCUT2D eigenvalue weighted by Crippen LogP contribution is -2.37. The quantitative estimate of drug-likeness (QED) is 0.329. The summed E-state index contributed by atoms with van der Waals surface area (Å²) in [4.78, 5) is 17.2. The molecule has 0 aliphatic rings. The van der Waals surface area contributed by atoms with Gasteiger partial charge in [0.25, 0.3) is 6.33 Å². The van der Waals surface area contributed by atoms with Crippen LogP contribution in [0.2, 0.25) is 0 Å². The fourth-order valence-corrected chi connectivity index (χ4v) is 3.38. The molecule has 0 unspecified atom stereocenters. The lowest BCUT2D eigenvalue weighted by Gasteiger charge is -2.08. The maximum absolute atomic E-state index is 12.7. The van der Waals surface area contributed by atoms with Gasteiger partial charge in [-0.2, -0.15) is 0 Å². The molecule has 0 fully saturated rings. The average molecular weight is 411 g/mol. The Morgan fingerprint density at radius 1 is 0.806 bits per heavy atom. The van der Waals surface area contributed by atoms with Gasteiger partial charge >= 0.3 is 0 Å². The maximum atomic E-state index is 12.7. The monoisotopic (exact) mass is 411 g/mol. The summed E-state index contributed by atoms with van der Waals surface area (Å²) >= 11 is 0. The molecule has 31 heavy (non-hydrogen) atoms. The van der Waals surface area contributed by atoms with Gasteiger partial charge in [0.2, 0.25) is 5.78 Å². The van der Waals surface area contributed by atoms with Crippen molar-refractivity contribution in [1.29, 1.82) is 0 Å². The van der Waals surface area contributed by atoms with Crippen LogP contribution in [0, 0.1) is 0 Å². The van der Waals surface area contributed by atoms with Crippen LogP contribution in [0.3, 0.4) is 0 Å². The second-order valence-corrected chi connectivity index (χ2v) is 7.05. The molecule has 0 amide bonds. The molecule has 0 aliphatic carbocycles. The third-order valence-corrected chi connectivity index (χ3v) is 5.09. The second kappa shape index (κ2) is 9.22. The highest BCUT2D eigenvalue weighted by Gasteiger charge is 2.14. The zero-order valence-electron chi connectivity index (χ0n) is 17.5. The first kappa shape index (κ1) is 20.3. The normalized spacial score (nSPS) is 10.5. The van der Waals surface area contributed by atoms with E-state index < -0.39 is 0 Å². The van der Waals surface area contributed by atoms with E-state index in [1.165, 1.54) is 0 Å². The number of carbonyl (C=O) groups is 1. The van der Waals surface area contributed by atoms with Crippen LogP contribution in [0.4, 0.5) is 0 Å². The number of aromatic nitrogens is 2. The number of benzene rings is 3. The Balaban J connectivity index is 1.46. The van der Waals surface area contributed by atoms with Crippen LogP contribution in [-0.2, 0) is 6.54 Å². The summed E-state index contributed by atoms with van der Waals surface area (Å²) in [6.07, 6.45) is 3.53. The molecule has 4 aromatic rings. The topological polar surface area (TPSA) is 52.3 Å². The maximum Gasteiger partial charge on any atom is 0.287 e. The van der Waals surface area contributed by atoms with Crippen molar-refractivity contribution in [3.05, 3.63) is 97.0 Å². The van der Waals surface area contributed by atoms with Crippen molar-refractivity contribution in [3.63, 3.8) is 0 Å². The smallest absolute Gasteiger partial charge is 0.287 e. The van der Waals surface area contributed by atoms with Gasteiger partial charge in [0.1, 0.15) is 0 Å². The molecule has 0 spiro atoms. The number of rotatable bonds is 7. The SMILES string of the molecule is COc1ccc(-c2cc[n+](CC(=O)c3ccc(-c4ccccc4)cc3)cn2)cc1OC. The first-order valence-electron chi connectivity index (χ1n) is 9.94. The van der Waals surface area contributed by atoms with E-state index >= 15 is 0 Å². The fraction of sp³-hybridized carbons (Fsp3) is 0.115. The van der Waals surface area contributed by atoms with Crippen LogP contribution in [0.25, 0.3) is 22.4 Å². The number of nitrogens with zero attached hydrogens (tertiary/aromatic N) is 2. The molecule has 0 saturated heterocycles. The van der Waals surface area contributed by atoms with Crippen molar-refractivity contribution in [2.75, 3.05) is 14.2 Å². The third kappa shape index (κ3) is 4.61. The highest BCUT2D eigenvalue weighted by molar-refractivity contribution is 5.95. The Kier molecular flexibility index (Phi) is 6.03. The summed E-state index contributed by atoms with van der Waals surface area (Å²) < 4.78 is 12.4. The number of ketones is 1. The number of carbonyl (C=O) groups excluding carboxylic acids is 1. The Morgan fingerprint density at radius 2 is 1.48 bits per heavy atom. The van der Waals surface area contributed by atoms with Crippen molar-refractivity contribution < 1.29 is 18.8 Å². The molecule has 154 valence electrons. The van der Waals surface area contributed by atoms with E-state index in [-0.39, 0.29) is 12.3 Å². The summed E-state index contributed by atoms with van der Waals surface area (Å²) in [5.74, 6) is 1.35. The molecular weight excluding hydrogens is 388 g/mol. The zero-order valence-corrected chi connectivity index (χ0v) is 17.5. The minimum absolute atomic E-state index is 0.0327. The van der Waals surface area contributed by atoms with E-state index in [1.54, 1.807) is 25.1 Å². The van der Waals surface area contributed by atoms with Crippen LogP contribution in [0.1, 0.15) is 10.4 Å². The Morgan fingerprint density at radius 3 is 2.13 bits per heavy atom. The first-order chi connectivity index (χ1) is 15.2.